The third-order valence-corrected chi connectivity index (χ3v) is 3.35. The predicted molar refractivity (Wildman–Crippen MR) is 70.2 cm³/mol. The highest BCUT2D eigenvalue weighted by Crippen LogP contribution is 2.35. The predicted octanol–water partition coefficient (Wildman–Crippen LogP) is 3.23. The summed E-state index contributed by atoms with van der Waals surface area (Å²) in [5.74, 6) is 0. The summed E-state index contributed by atoms with van der Waals surface area (Å²) in [7, 11) is 0. The highest BCUT2D eigenvalue weighted by molar-refractivity contribution is 6.33. The van der Waals surface area contributed by atoms with Crippen molar-refractivity contribution in [2.75, 3.05) is 18.5 Å². The molecular weight excluding hydrogens is 256 g/mol. The van der Waals surface area contributed by atoms with Crippen molar-refractivity contribution in [2.24, 2.45) is 0 Å². The zero-order chi connectivity index (χ0) is 13.2. The monoisotopic (exact) mass is 270 g/mol. The minimum absolute atomic E-state index is 0.0778. The molecule has 0 bridgehead atoms. The van der Waals surface area contributed by atoms with E-state index in [4.69, 9.17) is 16.3 Å². The number of rotatable bonds is 3. The van der Waals surface area contributed by atoms with Crippen LogP contribution in [0.4, 0.5) is 11.4 Å². The summed E-state index contributed by atoms with van der Waals surface area (Å²) in [6, 6.07) is 4.89. The Morgan fingerprint density at radius 1 is 1.56 bits per heavy atom. The van der Waals surface area contributed by atoms with Gasteiger partial charge in [0, 0.05) is 6.61 Å². The molecule has 0 aromatic heterocycles. The molecule has 1 unspecified atom stereocenters. The molecule has 1 fully saturated rings. The van der Waals surface area contributed by atoms with Crippen LogP contribution in [0.25, 0.3) is 0 Å². The molecule has 0 aliphatic carbocycles. The summed E-state index contributed by atoms with van der Waals surface area (Å²) >= 11 is 5.87. The summed E-state index contributed by atoms with van der Waals surface area (Å²) in [5.41, 5.74) is 0.0831. The number of ether oxygens (including phenoxy) is 1. The van der Waals surface area contributed by atoms with E-state index in [1.165, 1.54) is 6.07 Å². The zero-order valence-electron chi connectivity index (χ0n) is 10.1. The van der Waals surface area contributed by atoms with Gasteiger partial charge < -0.3 is 10.1 Å². The van der Waals surface area contributed by atoms with E-state index in [1.54, 1.807) is 12.1 Å². The van der Waals surface area contributed by atoms with Crippen molar-refractivity contribution in [3.8, 4) is 0 Å². The lowest BCUT2D eigenvalue weighted by Gasteiger charge is -2.35. The van der Waals surface area contributed by atoms with E-state index in [0.717, 1.165) is 19.4 Å². The molecule has 0 spiro atoms. The Kier molecular flexibility index (Phi) is 3.73. The van der Waals surface area contributed by atoms with Crippen LogP contribution >= 0.6 is 11.6 Å². The minimum Gasteiger partial charge on any atom is -0.379 e. The number of nitrogens with one attached hydrogen (secondary N) is 1. The topological polar surface area (TPSA) is 64.4 Å². The first-order valence-corrected chi connectivity index (χ1v) is 6.18. The van der Waals surface area contributed by atoms with Gasteiger partial charge in [0.1, 0.15) is 10.7 Å². The second-order valence-corrected chi connectivity index (χ2v) is 5.14. The van der Waals surface area contributed by atoms with E-state index in [9.17, 15) is 10.1 Å². The van der Waals surface area contributed by atoms with Gasteiger partial charge in [-0.2, -0.15) is 0 Å². The minimum atomic E-state index is -0.461. The largest absolute Gasteiger partial charge is 0.379 e. The van der Waals surface area contributed by atoms with Crippen molar-refractivity contribution in [3.05, 3.63) is 33.3 Å². The van der Waals surface area contributed by atoms with Crippen LogP contribution in [0, 0.1) is 10.1 Å². The Morgan fingerprint density at radius 2 is 2.33 bits per heavy atom. The van der Waals surface area contributed by atoms with Gasteiger partial charge in [-0.3, -0.25) is 10.1 Å². The standard InChI is InChI=1S/C12H15ClN2O3/c1-12(6-3-7-18-8-12)14-10-5-2-4-9(13)11(10)15(16)17/h2,4-5,14H,3,6-8H2,1H3. The Balaban J connectivity index is 2.28. The average molecular weight is 271 g/mol. The lowest BCUT2D eigenvalue weighted by atomic mass is 9.94. The molecule has 1 saturated heterocycles. The first kappa shape index (κ1) is 13.1. The molecule has 1 atom stereocenters. The van der Waals surface area contributed by atoms with Crippen LogP contribution in [0.1, 0.15) is 19.8 Å². The second kappa shape index (κ2) is 5.12. The Labute approximate surface area is 110 Å². The normalized spacial score (nSPS) is 23.7. The maximum absolute atomic E-state index is 11.0. The number of nitrogens with zero attached hydrogens (tertiary/aromatic N) is 1. The van der Waals surface area contributed by atoms with Crippen LogP contribution in [0.3, 0.4) is 0 Å². The number of para-hydroxylation sites is 1. The van der Waals surface area contributed by atoms with E-state index in [0.29, 0.717) is 12.3 Å². The molecule has 98 valence electrons. The first-order valence-electron chi connectivity index (χ1n) is 5.81. The van der Waals surface area contributed by atoms with Crippen molar-refractivity contribution >= 4 is 23.0 Å². The highest BCUT2D eigenvalue weighted by atomic mass is 35.5. The molecule has 1 aliphatic rings. The maximum Gasteiger partial charge on any atom is 0.310 e. The van der Waals surface area contributed by atoms with Gasteiger partial charge in [-0.15, -0.1) is 0 Å². The molecule has 18 heavy (non-hydrogen) atoms. The number of benzene rings is 1. The van der Waals surface area contributed by atoms with Gasteiger partial charge in [0.15, 0.2) is 0 Å². The Morgan fingerprint density at radius 3 is 2.94 bits per heavy atom. The zero-order valence-corrected chi connectivity index (χ0v) is 10.9. The molecule has 6 heteroatoms. The van der Waals surface area contributed by atoms with Gasteiger partial charge in [-0.25, -0.2) is 0 Å². The highest BCUT2D eigenvalue weighted by Gasteiger charge is 2.30. The van der Waals surface area contributed by atoms with E-state index in [2.05, 4.69) is 5.32 Å². The molecule has 2 rings (SSSR count). The Hall–Kier alpha value is -1.33. The van der Waals surface area contributed by atoms with Crippen LogP contribution in [0.2, 0.25) is 5.02 Å². The van der Waals surface area contributed by atoms with Crippen LogP contribution in [0.15, 0.2) is 18.2 Å². The van der Waals surface area contributed by atoms with Crippen LogP contribution in [-0.4, -0.2) is 23.7 Å². The van der Waals surface area contributed by atoms with E-state index < -0.39 is 4.92 Å². The van der Waals surface area contributed by atoms with Gasteiger partial charge in [0.2, 0.25) is 0 Å². The number of halogens is 1. The molecule has 1 heterocycles. The molecule has 0 amide bonds. The lowest BCUT2D eigenvalue weighted by molar-refractivity contribution is -0.383. The summed E-state index contributed by atoms with van der Waals surface area (Å²) < 4.78 is 5.42. The number of nitro groups is 1. The fourth-order valence-electron chi connectivity index (χ4n) is 2.16. The van der Waals surface area contributed by atoms with Crippen molar-refractivity contribution in [1.82, 2.24) is 0 Å². The second-order valence-electron chi connectivity index (χ2n) is 4.73. The van der Waals surface area contributed by atoms with Gasteiger partial charge in [0.25, 0.3) is 0 Å². The Bertz CT molecular complexity index is 459. The van der Waals surface area contributed by atoms with Crippen LogP contribution < -0.4 is 5.32 Å². The maximum atomic E-state index is 11.0. The number of hydrogen-bond donors (Lipinski definition) is 1. The molecule has 0 saturated carbocycles. The van der Waals surface area contributed by atoms with Crippen molar-refractivity contribution in [1.29, 1.82) is 0 Å². The van der Waals surface area contributed by atoms with Crippen LogP contribution in [-0.2, 0) is 4.74 Å². The molecule has 1 aromatic rings. The van der Waals surface area contributed by atoms with E-state index in [1.807, 2.05) is 6.92 Å². The van der Waals surface area contributed by atoms with Crippen molar-refractivity contribution in [2.45, 2.75) is 25.3 Å². The van der Waals surface area contributed by atoms with Gasteiger partial charge in [-0.05, 0) is 31.9 Å². The molecule has 5 nitrogen and oxygen atoms in total. The summed E-state index contributed by atoms with van der Waals surface area (Å²) in [6.45, 7) is 3.28. The number of anilines is 1. The fourth-order valence-corrected chi connectivity index (χ4v) is 2.40. The number of hydrogen-bond acceptors (Lipinski definition) is 4. The molecule has 1 N–H and O–H groups in total. The van der Waals surface area contributed by atoms with E-state index in [-0.39, 0.29) is 16.2 Å². The van der Waals surface area contributed by atoms with Gasteiger partial charge in [-0.1, -0.05) is 17.7 Å². The average Bonchev–Trinajstić information content (AvgIpc) is 2.28. The molecule has 1 aromatic carbocycles. The van der Waals surface area contributed by atoms with Gasteiger partial charge >= 0.3 is 5.69 Å². The molecule has 1 aliphatic heterocycles. The van der Waals surface area contributed by atoms with Crippen molar-refractivity contribution < 1.29 is 9.66 Å². The van der Waals surface area contributed by atoms with Crippen molar-refractivity contribution in [3.63, 3.8) is 0 Å². The van der Waals surface area contributed by atoms with E-state index >= 15 is 0 Å². The van der Waals surface area contributed by atoms with Gasteiger partial charge in [0.05, 0.1) is 17.1 Å². The van der Waals surface area contributed by atoms with Crippen LogP contribution in [0.5, 0.6) is 0 Å². The lowest BCUT2D eigenvalue weighted by Crippen LogP contribution is -2.43. The molecule has 0 radical (unpaired) electrons. The summed E-state index contributed by atoms with van der Waals surface area (Å²) in [6.07, 6.45) is 1.86. The third kappa shape index (κ3) is 2.73. The summed E-state index contributed by atoms with van der Waals surface area (Å²) in [4.78, 5) is 10.6. The molecular formula is C12H15ClN2O3. The fraction of sp³-hybridized carbons (Fsp3) is 0.500. The third-order valence-electron chi connectivity index (χ3n) is 3.04. The smallest absolute Gasteiger partial charge is 0.310 e. The SMILES string of the molecule is CC1(Nc2cccc(Cl)c2[N+](=O)[O-])CCCOC1. The number of nitro benzene ring substituents is 1. The quantitative estimate of drug-likeness (QED) is 0.676. The first-order chi connectivity index (χ1) is 8.52. The summed E-state index contributed by atoms with van der Waals surface area (Å²) in [5, 5.41) is 14.4.